The van der Waals surface area contributed by atoms with Crippen molar-refractivity contribution in [2.45, 2.75) is 6.92 Å². The van der Waals surface area contributed by atoms with Gasteiger partial charge in [-0.2, -0.15) is 9.62 Å². The van der Waals surface area contributed by atoms with Gasteiger partial charge in [-0.15, -0.1) is 5.10 Å². The molecule has 0 aliphatic rings. The van der Waals surface area contributed by atoms with E-state index in [2.05, 4.69) is 25.8 Å². The number of ether oxygens (including phenoxy) is 1. The fourth-order valence-electron chi connectivity index (χ4n) is 2.70. The van der Waals surface area contributed by atoms with Crippen molar-refractivity contribution in [2.75, 3.05) is 12.0 Å². The van der Waals surface area contributed by atoms with Gasteiger partial charge in [0.15, 0.2) is 11.5 Å². The minimum absolute atomic E-state index is 0.0531. The quantitative estimate of drug-likeness (QED) is 0.316. The van der Waals surface area contributed by atoms with Crippen LogP contribution in [-0.2, 0) is 4.74 Å². The van der Waals surface area contributed by atoms with E-state index in [0.717, 1.165) is 16.5 Å². The maximum absolute atomic E-state index is 12.2. The van der Waals surface area contributed by atoms with Crippen molar-refractivity contribution in [3.8, 4) is 0 Å². The smallest absolute Gasteiger partial charge is 0.362 e. The Morgan fingerprint density at radius 1 is 1.25 bits per heavy atom. The third kappa shape index (κ3) is 3.37. The molecule has 0 amide bonds. The number of nitrogens with one attached hydrogen (secondary N) is 1. The molecule has 0 aliphatic heterocycles. The number of halogens is 1. The van der Waals surface area contributed by atoms with Gasteiger partial charge < -0.3 is 4.74 Å². The van der Waals surface area contributed by atoms with Crippen molar-refractivity contribution in [1.29, 1.82) is 0 Å². The first-order valence-corrected chi connectivity index (χ1v) is 8.91. The highest BCUT2D eigenvalue weighted by Crippen LogP contribution is 2.24. The first-order chi connectivity index (χ1) is 13.7. The van der Waals surface area contributed by atoms with Crippen molar-refractivity contribution in [3.63, 3.8) is 0 Å². The average Bonchev–Trinajstić information content (AvgIpc) is 3.14. The normalized spacial score (nSPS) is 11.4. The molecular weight excluding hydrogens is 380 g/mol. The summed E-state index contributed by atoms with van der Waals surface area (Å²) in [5.41, 5.74) is 4.89. The van der Waals surface area contributed by atoms with Crippen LogP contribution >= 0.6 is 11.6 Å². The maximum atomic E-state index is 12.2. The second-order valence-electron chi connectivity index (χ2n) is 5.79. The summed E-state index contributed by atoms with van der Waals surface area (Å²) in [5, 5.41) is 13.7. The summed E-state index contributed by atoms with van der Waals surface area (Å²) >= 11 is 5.89. The standard InChI is InChI=1S/C19H15ClN6O2/c1-2-28-19(27)16-18-22-17(24-21-11-12-7-9-13(20)10-8-12)14-5-3-4-6-15(14)26(18)25-23-16/h3-11H,2H2,1H3,(H,22,24). The molecule has 0 saturated carbocycles. The lowest BCUT2D eigenvalue weighted by Crippen LogP contribution is -2.07. The Kier molecular flexibility index (Phi) is 4.86. The molecule has 140 valence electrons. The lowest BCUT2D eigenvalue weighted by Gasteiger charge is -2.07. The Morgan fingerprint density at radius 2 is 2.04 bits per heavy atom. The van der Waals surface area contributed by atoms with Gasteiger partial charge in [0.05, 0.1) is 18.3 Å². The summed E-state index contributed by atoms with van der Waals surface area (Å²) in [4.78, 5) is 16.7. The molecule has 0 unspecified atom stereocenters. The second kappa shape index (κ2) is 7.61. The van der Waals surface area contributed by atoms with E-state index in [4.69, 9.17) is 16.3 Å². The van der Waals surface area contributed by atoms with Crippen LogP contribution in [0, 0.1) is 0 Å². The molecule has 0 spiro atoms. The summed E-state index contributed by atoms with van der Waals surface area (Å²) in [6.07, 6.45) is 1.65. The van der Waals surface area contributed by atoms with Crippen molar-refractivity contribution in [3.05, 3.63) is 64.8 Å². The molecule has 28 heavy (non-hydrogen) atoms. The van der Waals surface area contributed by atoms with Gasteiger partial charge in [-0.25, -0.2) is 9.78 Å². The number of nitrogens with zero attached hydrogens (tertiary/aromatic N) is 5. The van der Waals surface area contributed by atoms with Gasteiger partial charge in [-0.3, -0.25) is 5.43 Å². The number of aromatic nitrogens is 4. The van der Waals surface area contributed by atoms with Gasteiger partial charge in [0.1, 0.15) is 0 Å². The predicted octanol–water partition coefficient (Wildman–Crippen LogP) is 3.55. The summed E-state index contributed by atoms with van der Waals surface area (Å²) in [5.74, 6) is -0.0999. The van der Waals surface area contributed by atoms with Crippen LogP contribution in [0.25, 0.3) is 16.6 Å². The van der Waals surface area contributed by atoms with Gasteiger partial charge in [-0.1, -0.05) is 41.1 Å². The number of hydrogen-bond donors (Lipinski definition) is 1. The fraction of sp³-hybridized carbons (Fsp3) is 0.105. The molecule has 1 N–H and O–H groups in total. The van der Waals surface area contributed by atoms with E-state index in [1.165, 1.54) is 4.52 Å². The third-order valence-corrected chi connectivity index (χ3v) is 4.23. The van der Waals surface area contributed by atoms with E-state index in [1.807, 2.05) is 36.4 Å². The minimum Gasteiger partial charge on any atom is -0.461 e. The van der Waals surface area contributed by atoms with Gasteiger partial charge in [-0.05, 0) is 36.8 Å². The molecule has 0 saturated heterocycles. The lowest BCUT2D eigenvalue weighted by molar-refractivity contribution is 0.0521. The van der Waals surface area contributed by atoms with Crippen LogP contribution < -0.4 is 5.43 Å². The first-order valence-electron chi connectivity index (χ1n) is 8.53. The zero-order valence-corrected chi connectivity index (χ0v) is 15.6. The summed E-state index contributed by atoms with van der Waals surface area (Å²) in [7, 11) is 0. The number of rotatable bonds is 5. The van der Waals surface area contributed by atoms with Gasteiger partial charge in [0.2, 0.25) is 5.69 Å². The van der Waals surface area contributed by atoms with Gasteiger partial charge in [0.25, 0.3) is 0 Å². The number of benzene rings is 2. The average molecular weight is 395 g/mol. The topological polar surface area (TPSA) is 93.8 Å². The zero-order chi connectivity index (χ0) is 19.5. The molecule has 0 aliphatic carbocycles. The second-order valence-corrected chi connectivity index (χ2v) is 6.23. The number of hydrazone groups is 1. The lowest BCUT2D eigenvalue weighted by atomic mass is 10.2. The third-order valence-electron chi connectivity index (χ3n) is 3.97. The van der Waals surface area contributed by atoms with Crippen molar-refractivity contribution in [2.24, 2.45) is 5.10 Å². The first kappa shape index (κ1) is 17.9. The monoisotopic (exact) mass is 394 g/mol. The van der Waals surface area contributed by atoms with E-state index in [-0.39, 0.29) is 12.3 Å². The predicted molar refractivity (Wildman–Crippen MR) is 107 cm³/mol. The van der Waals surface area contributed by atoms with Crippen LogP contribution in [0.3, 0.4) is 0 Å². The summed E-state index contributed by atoms with van der Waals surface area (Å²) in [6, 6.07) is 14.8. The Bertz CT molecular complexity index is 1190. The molecule has 4 rings (SSSR count). The molecule has 2 heterocycles. The van der Waals surface area contributed by atoms with Crippen LogP contribution in [0.1, 0.15) is 23.0 Å². The zero-order valence-electron chi connectivity index (χ0n) is 14.8. The van der Waals surface area contributed by atoms with Crippen LogP contribution in [0.2, 0.25) is 5.02 Å². The number of para-hydroxylation sites is 1. The van der Waals surface area contributed by atoms with Crippen molar-refractivity contribution in [1.82, 2.24) is 19.8 Å². The molecule has 0 fully saturated rings. The number of carbonyl (C=O) groups is 1. The van der Waals surface area contributed by atoms with Gasteiger partial charge in [0, 0.05) is 10.4 Å². The molecule has 8 nitrogen and oxygen atoms in total. The Labute approximate surface area is 164 Å². The molecule has 0 atom stereocenters. The van der Waals surface area contributed by atoms with E-state index in [1.54, 1.807) is 25.3 Å². The molecule has 0 bridgehead atoms. The van der Waals surface area contributed by atoms with Crippen LogP contribution in [-0.4, -0.2) is 38.6 Å². The van der Waals surface area contributed by atoms with Crippen LogP contribution in [0.4, 0.5) is 5.82 Å². The van der Waals surface area contributed by atoms with Crippen molar-refractivity contribution >= 4 is 46.2 Å². The Morgan fingerprint density at radius 3 is 2.82 bits per heavy atom. The Balaban J connectivity index is 1.76. The van der Waals surface area contributed by atoms with E-state index in [9.17, 15) is 4.79 Å². The molecule has 9 heteroatoms. The highest BCUT2D eigenvalue weighted by Gasteiger charge is 2.20. The molecule has 0 radical (unpaired) electrons. The number of anilines is 1. The highest BCUT2D eigenvalue weighted by molar-refractivity contribution is 6.30. The summed E-state index contributed by atoms with van der Waals surface area (Å²) in [6.45, 7) is 1.97. The minimum atomic E-state index is -0.573. The summed E-state index contributed by atoms with van der Waals surface area (Å²) < 4.78 is 6.55. The van der Waals surface area contributed by atoms with E-state index >= 15 is 0 Å². The van der Waals surface area contributed by atoms with Crippen molar-refractivity contribution < 1.29 is 9.53 Å². The molecule has 4 aromatic rings. The number of esters is 1. The Hall–Kier alpha value is -3.52. The SMILES string of the molecule is CCOC(=O)c1nnn2c1nc(NN=Cc1ccc(Cl)cc1)c1ccccc12. The fourth-order valence-corrected chi connectivity index (χ4v) is 2.82. The highest BCUT2D eigenvalue weighted by atomic mass is 35.5. The van der Waals surface area contributed by atoms with Crippen LogP contribution in [0.5, 0.6) is 0 Å². The number of carbonyl (C=O) groups excluding carboxylic acids is 1. The van der Waals surface area contributed by atoms with E-state index < -0.39 is 5.97 Å². The maximum Gasteiger partial charge on any atom is 0.362 e. The van der Waals surface area contributed by atoms with E-state index in [0.29, 0.717) is 16.5 Å². The largest absolute Gasteiger partial charge is 0.461 e. The number of hydrogen-bond acceptors (Lipinski definition) is 7. The van der Waals surface area contributed by atoms with Gasteiger partial charge >= 0.3 is 5.97 Å². The molecule has 2 aromatic carbocycles. The molecular formula is C19H15ClN6O2. The molecule has 2 aromatic heterocycles. The number of fused-ring (bicyclic) bond motifs is 3. The van der Waals surface area contributed by atoms with Crippen LogP contribution in [0.15, 0.2) is 53.6 Å².